The maximum absolute atomic E-state index is 12.7. The van der Waals surface area contributed by atoms with Crippen molar-refractivity contribution >= 4 is 40.6 Å². The fourth-order valence-electron chi connectivity index (χ4n) is 2.74. The molecule has 31 heavy (non-hydrogen) atoms. The van der Waals surface area contributed by atoms with Gasteiger partial charge in [0.2, 0.25) is 0 Å². The molecule has 3 rings (SSSR count). The number of benzene rings is 2. The average Bonchev–Trinajstić information content (AvgIpc) is 3.24. The summed E-state index contributed by atoms with van der Waals surface area (Å²) >= 11 is 7.32. The van der Waals surface area contributed by atoms with Crippen molar-refractivity contribution in [3.05, 3.63) is 81.3 Å². The van der Waals surface area contributed by atoms with Gasteiger partial charge in [-0.05, 0) is 23.8 Å². The van der Waals surface area contributed by atoms with Gasteiger partial charge >= 0.3 is 6.03 Å². The molecule has 2 N–H and O–H groups in total. The van der Waals surface area contributed by atoms with E-state index in [9.17, 15) is 9.59 Å². The van der Waals surface area contributed by atoms with Crippen LogP contribution in [-0.2, 0) is 17.8 Å². The molecule has 1 aromatic heterocycles. The van der Waals surface area contributed by atoms with Crippen LogP contribution < -0.4 is 10.6 Å². The first-order valence-corrected chi connectivity index (χ1v) is 10.9. The van der Waals surface area contributed by atoms with Crippen molar-refractivity contribution in [2.45, 2.75) is 13.1 Å². The number of ether oxygens (including phenoxy) is 1. The molecule has 0 aliphatic rings. The zero-order chi connectivity index (χ0) is 22.1. The van der Waals surface area contributed by atoms with E-state index in [1.54, 1.807) is 41.7 Å². The first-order chi connectivity index (χ1) is 15.0. The summed E-state index contributed by atoms with van der Waals surface area (Å²) < 4.78 is 5.12. The highest BCUT2D eigenvalue weighted by Gasteiger charge is 2.18. The Labute approximate surface area is 190 Å². The molecule has 0 unspecified atom stereocenters. The second-order valence-electron chi connectivity index (χ2n) is 6.65. The van der Waals surface area contributed by atoms with Crippen molar-refractivity contribution in [3.63, 3.8) is 0 Å². The molecule has 0 saturated heterocycles. The number of carbonyl (C=O) groups excluding carboxylic acids is 2. The van der Waals surface area contributed by atoms with Gasteiger partial charge in [-0.15, -0.1) is 11.3 Å². The predicted octanol–water partition coefficient (Wildman–Crippen LogP) is 4.41. The van der Waals surface area contributed by atoms with Crippen molar-refractivity contribution in [3.8, 4) is 0 Å². The summed E-state index contributed by atoms with van der Waals surface area (Å²) in [7, 11) is 1.58. The van der Waals surface area contributed by atoms with E-state index in [0.717, 1.165) is 5.56 Å². The highest BCUT2D eigenvalue weighted by atomic mass is 35.5. The van der Waals surface area contributed by atoms with E-state index in [0.29, 0.717) is 41.1 Å². The minimum Gasteiger partial charge on any atom is -0.383 e. The first-order valence-electron chi connectivity index (χ1n) is 9.62. The van der Waals surface area contributed by atoms with Gasteiger partial charge in [-0.2, -0.15) is 0 Å². The Morgan fingerprint density at radius 2 is 1.97 bits per heavy atom. The lowest BCUT2D eigenvalue weighted by Crippen LogP contribution is -2.36. The summed E-state index contributed by atoms with van der Waals surface area (Å²) in [5, 5.41) is 8.56. The molecule has 2 aromatic carbocycles. The number of methoxy groups -OCH3 is 1. The van der Waals surface area contributed by atoms with E-state index in [1.165, 1.54) is 11.3 Å². The molecule has 0 saturated carbocycles. The third-order valence-corrected chi connectivity index (χ3v) is 5.40. The fraction of sp³-hybridized carbons (Fsp3) is 0.227. The molecule has 1 heterocycles. The lowest BCUT2D eigenvalue weighted by atomic mass is 10.2. The number of nitrogens with one attached hydrogen (secondary N) is 2. The molecule has 0 bridgehead atoms. The number of amides is 3. The number of urea groups is 1. The van der Waals surface area contributed by atoms with Crippen LogP contribution in [0, 0.1) is 0 Å². The molecule has 0 spiro atoms. The number of thiazole rings is 1. The van der Waals surface area contributed by atoms with Gasteiger partial charge in [0, 0.05) is 36.3 Å². The van der Waals surface area contributed by atoms with Gasteiger partial charge in [0.05, 0.1) is 13.2 Å². The topological polar surface area (TPSA) is 83.6 Å². The lowest BCUT2D eigenvalue weighted by Gasteiger charge is -2.21. The molecule has 0 radical (unpaired) electrons. The van der Waals surface area contributed by atoms with E-state index in [2.05, 4.69) is 15.6 Å². The van der Waals surface area contributed by atoms with Gasteiger partial charge in [0.15, 0.2) is 0 Å². The normalized spacial score (nSPS) is 10.5. The van der Waals surface area contributed by atoms with Crippen LogP contribution >= 0.6 is 22.9 Å². The van der Waals surface area contributed by atoms with Gasteiger partial charge in [0.25, 0.3) is 5.91 Å². The van der Waals surface area contributed by atoms with Crippen LogP contribution in [0.25, 0.3) is 0 Å². The molecule has 3 aromatic rings. The van der Waals surface area contributed by atoms with Gasteiger partial charge in [-0.25, -0.2) is 9.78 Å². The third kappa shape index (κ3) is 7.06. The number of anilines is 1. The molecule has 0 aliphatic carbocycles. The van der Waals surface area contributed by atoms with E-state index < -0.39 is 0 Å². The van der Waals surface area contributed by atoms with Gasteiger partial charge in [0.1, 0.15) is 10.7 Å². The van der Waals surface area contributed by atoms with Crippen LogP contribution in [0.4, 0.5) is 10.5 Å². The molecular weight excluding hydrogens is 436 g/mol. The molecule has 9 heteroatoms. The van der Waals surface area contributed by atoms with Gasteiger partial charge in [-0.1, -0.05) is 48.0 Å². The van der Waals surface area contributed by atoms with Crippen molar-refractivity contribution in [1.82, 2.24) is 15.2 Å². The molecule has 162 valence electrons. The van der Waals surface area contributed by atoms with Crippen molar-refractivity contribution < 1.29 is 14.3 Å². The fourth-order valence-corrected chi connectivity index (χ4v) is 3.72. The average molecular weight is 459 g/mol. The number of halogens is 1. The van der Waals surface area contributed by atoms with Crippen LogP contribution in [0.2, 0.25) is 5.02 Å². The Balaban J connectivity index is 1.61. The maximum Gasteiger partial charge on any atom is 0.322 e. The van der Waals surface area contributed by atoms with E-state index in [-0.39, 0.29) is 18.5 Å². The Morgan fingerprint density at radius 1 is 1.16 bits per heavy atom. The second-order valence-corrected chi connectivity index (χ2v) is 8.03. The third-order valence-electron chi connectivity index (χ3n) is 4.33. The number of hydrogen-bond acceptors (Lipinski definition) is 5. The zero-order valence-corrected chi connectivity index (χ0v) is 18.6. The zero-order valence-electron chi connectivity index (χ0n) is 17.0. The van der Waals surface area contributed by atoms with Crippen LogP contribution in [0.15, 0.2) is 60.0 Å². The summed E-state index contributed by atoms with van der Waals surface area (Å²) in [4.78, 5) is 31.1. The van der Waals surface area contributed by atoms with Crippen LogP contribution in [0.3, 0.4) is 0 Å². The monoisotopic (exact) mass is 458 g/mol. The molecule has 7 nitrogen and oxygen atoms in total. The second kappa shape index (κ2) is 11.5. The Hall–Kier alpha value is -2.94. The summed E-state index contributed by atoms with van der Waals surface area (Å²) in [6.07, 6.45) is 0. The quantitative estimate of drug-likeness (QED) is 0.497. The van der Waals surface area contributed by atoms with Crippen molar-refractivity contribution in [2.24, 2.45) is 0 Å². The largest absolute Gasteiger partial charge is 0.383 e. The minimum absolute atomic E-state index is 0.252. The van der Waals surface area contributed by atoms with Gasteiger partial charge < -0.3 is 20.3 Å². The summed E-state index contributed by atoms with van der Waals surface area (Å²) in [5.41, 5.74) is 1.94. The standard InChI is InChI=1S/C22H23ClN4O3S/c1-30-11-10-27(22(29)25-18-9-5-8-17(23)12-18)14-20-26-19(15-31-20)21(28)24-13-16-6-3-2-4-7-16/h2-9,12,15H,10-11,13-14H2,1H3,(H,24,28)(H,25,29). The maximum atomic E-state index is 12.7. The smallest absolute Gasteiger partial charge is 0.322 e. The molecule has 0 fully saturated rings. The lowest BCUT2D eigenvalue weighted by molar-refractivity contribution is 0.0946. The number of carbonyl (C=O) groups is 2. The van der Waals surface area contributed by atoms with Gasteiger partial charge in [-0.3, -0.25) is 4.79 Å². The first kappa shape index (κ1) is 22.7. The summed E-state index contributed by atoms with van der Waals surface area (Å²) in [6.45, 7) is 1.43. The Morgan fingerprint density at radius 3 is 2.71 bits per heavy atom. The van der Waals surface area contributed by atoms with E-state index >= 15 is 0 Å². The molecule has 3 amide bonds. The number of aromatic nitrogens is 1. The number of hydrogen-bond donors (Lipinski definition) is 2. The van der Waals surface area contributed by atoms with Crippen LogP contribution in [-0.4, -0.2) is 42.1 Å². The predicted molar refractivity (Wildman–Crippen MR) is 122 cm³/mol. The van der Waals surface area contributed by atoms with Crippen LogP contribution in [0.1, 0.15) is 21.1 Å². The molecule has 0 aliphatic heterocycles. The summed E-state index contributed by atoms with van der Waals surface area (Å²) in [6, 6.07) is 16.3. The highest BCUT2D eigenvalue weighted by Crippen LogP contribution is 2.17. The summed E-state index contributed by atoms with van der Waals surface area (Å²) in [5.74, 6) is -0.252. The van der Waals surface area contributed by atoms with Crippen molar-refractivity contribution in [1.29, 1.82) is 0 Å². The SMILES string of the molecule is COCCN(Cc1nc(C(=O)NCc2ccccc2)cs1)C(=O)Nc1cccc(Cl)c1. The minimum atomic E-state index is -0.301. The highest BCUT2D eigenvalue weighted by molar-refractivity contribution is 7.09. The number of nitrogens with zero attached hydrogens (tertiary/aromatic N) is 2. The molecule has 0 atom stereocenters. The molecular formula is C22H23ClN4O3S. The van der Waals surface area contributed by atoms with E-state index in [1.807, 2.05) is 30.3 Å². The number of rotatable bonds is 9. The Bertz CT molecular complexity index is 1010. The van der Waals surface area contributed by atoms with Crippen LogP contribution in [0.5, 0.6) is 0 Å². The van der Waals surface area contributed by atoms with E-state index in [4.69, 9.17) is 16.3 Å². The Kier molecular flexibility index (Phi) is 8.40. The van der Waals surface area contributed by atoms with Crippen molar-refractivity contribution in [2.75, 3.05) is 25.6 Å².